The molecule has 10 heavy (non-hydrogen) atoms. The molecule has 0 amide bonds. The molecule has 1 aliphatic rings. The van der Waals surface area contributed by atoms with Crippen LogP contribution in [-0.2, 0) is 9.59 Å². The first-order valence-electron chi connectivity index (χ1n) is 3.04. The monoisotopic (exact) mass is 144 g/mol. The van der Waals surface area contributed by atoms with Crippen molar-refractivity contribution in [1.29, 1.82) is 0 Å². The fourth-order valence-corrected chi connectivity index (χ4v) is 0.808. The van der Waals surface area contributed by atoms with Gasteiger partial charge in [-0.05, 0) is 6.42 Å². The minimum Gasteiger partial charge on any atom is -0.481 e. The lowest BCUT2D eigenvalue weighted by atomic mass is 10.2. The molecule has 0 aromatic rings. The number of aliphatic hydroxyl groups excluding tert-OH is 1. The van der Waals surface area contributed by atoms with E-state index in [2.05, 4.69) is 0 Å². The van der Waals surface area contributed by atoms with E-state index in [0.717, 1.165) is 0 Å². The predicted octanol–water partition coefficient (Wildman–Crippen LogP) is -0.589. The Labute approximate surface area is 57.5 Å². The first kappa shape index (κ1) is 7.21. The summed E-state index contributed by atoms with van der Waals surface area (Å²) >= 11 is 0. The van der Waals surface area contributed by atoms with E-state index in [1.807, 2.05) is 0 Å². The van der Waals surface area contributed by atoms with E-state index >= 15 is 0 Å². The molecule has 0 saturated heterocycles. The molecule has 0 radical (unpaired) electrons. The van der Waals surface area contributed by atoms with E-state index in [0.29, 0.717) is 6.42 Å². The van der Waals surface area contributed by atoms with Crippen LogP contribution in [-0.4, -0.2) is 28.1 Å². The third-order valence-corrected chi connectivity index (χ3v) is 1.50. The minimum atomic E-state index is -1.12. The van der Waals surface area contributed by atoms with E-state index in [1.54, 1.807) is 0 Å². The Hall–Kier alpha value is -0.900. The van der Waals surface area contributed by atoms with Gasteiger partial charge in [0.2, 0.25) is 0 Å². The van der Waals surface area contributed by atoms with E-state index in [-0.39, 0.29) is 5.78 Å². The van der Waals surface area contributed by atoms with Crippen LogP contribution in [0.3, 0.4) is 0 Å². The lowest BCUT2D eigenvalue weighted by molar-refractivity contribution is -0.140. The molecule has 4 nitrogen and oxygen atoms in total. The predicted molar refractivity (Wildman–Crippen MR) is 31.4 cm³/mol. The van der Waals surface area contributed by atoms with Gasteiger partial charge >= 0.3 is 5.97 Å². The van der Waals surface area contributed by atoms with Crippen LogP contribution in [0.25, 0.3) is 0 Å². The number of aliphatic hydroxyl groups is 1. The van der Waals surface area contributed by atoms with Gasteiger partial charge in [0.1, 0.15) is 12.2 Å². The normalized spacial score (nSPS) is 29.7. The molecule has 2 N–H and O–H groups in total. The topological polar surface area (TPSA) is 74.6 Å². The highest BCUT2D eigenvalue weighted by Crippen LogP contribution is 2.31. The third kappa shape index (κ3) is 1.54. The molecule has 0 heterocycles. The van der Waals surface area contributed by atoms with Gasteiger partial charge in [0.25, 0.3) is 0 Å². The highest BCUT2D eigenvalue weighted by atomic mass is 16.4. The Morgan fingerprint density at radius 3 is 2.30 bits per heavy atom. The first-order valence-corrected chi connectivity index (χ1v) is 3.04. The van der Waals surface area contributed by atoms with Crippen molar-refractivity contribution in [3.8, 4) is 0 Å². The molecule has 1 fully saturated rings. The Morgan fingerprint density at radius 1 is 1.50 bits per heavy atom. The standard InChI is InChI=1S/C6H8O4/c7-4-1-3(4)5(8)2-6(9)10/h3-4,7H,1-2H2,(H,9,10). The average Bonchev–Trinajstić information content (AvgIpc) is 2.44. The largest absolute Gasteiger partial charge is 0.481 e. The number of carboxylic acids is 1. The summed E-state index contributed by atoms with van der Waals surface area (Å²) < 4.78 is 0. The minimum absolute atomic E-state index is 0.361. The number of ketones is 1. The number of carbonyl (C=O) groups excluding carboxylic acids is 1. The molecule has 0 aromatic carbocycles. The maximum atomic E-state index is 10.7. The molecular weight excluding hydrogens is 136 g/mol. The highest BCUT2D eigenvalue weighted by Gasteiger charge is 2.41. The van der Waals surface area contributed by atoms with Crippen LogP contribution in [0, 0.1) is 5.92 Å². The number of hydrogen-bond donors (Lipinski definition) is 2. The zero-order valence-corrected chi connectivity index (χ0v) is 5.28. The summed E-state index contributed by atoms with van der Waals surface area (Å²) in [5, 5.41) is 16.8. The summed E-state index contributed by atoms with van der Waals surface area (Å²) in [4.78, 5) is 20.6. The summed E-state index contributed by atoms with van der Waals surface area (Å²) in [6.45, 7) is 0. The van der Waals surface area contributed by atoms with Crippen LogP contribution in [0.5, 0.6) is 0 Å². The van der Waals surface area contributed by atoms with Crippen LogP contribution < -0.4 is 0 Å². The second kappa shape index (κ2) is 2.38. The van der Waals surface area contributed by atoms with Crippen molar-refractivity contribution in [1.82, 2.24) is 0 Å². The summed E-state index contributed by atoms with van der Waals surface area (Å²) in [5.74, 6) is -1.87. The lowest BCUT2D eigenvalue weighted by Crippen LogP contribution is -2.10. The second-order valence-electron chi connectivity index (χ2n) is 2.45. The average molecular weight is 144 g/mol. The molecule has 0 aromatic heterocycles. The molecule has 0 bridgehead atoms. The van der Waals surface area contributed by atoms with E-state index in [9.17, 15) is 9.59 Å². The van der Waals surface area contributed by atoms with Crippen LogP contribution in [0.15, 0.2) is 0 Å². The van der Waals surface area contributed by atoms with Gasteiger partial charge in [0.15, 0.2) is 0 Å². The van der Waals surface area contributed by atoms with Gasteiger partial charge in [-0.2, -0.15) is 0 Å². The second-order valence-corrected chi connectivity index (χ2v) is 2.45. The Kier molecular flexibility index (Phi) is 1.72. The van der Waals surface area contributed by atoms with Gasteiger partial charge in [-0.3, -0.25) is 9.59 Å². The van der Waals surface area contributed by atoms with Gasteiger partial charge in [0, 0.05) is 5.92 Å². The fourth-order valence-electron chi connectivity index (χ4n) is 0.808. The fraction of sp³-hybridized carbons (Fsp3) is 0.667. The zero-order valence-electron chi connectivity index (χ0n) is 5.28. The number of Topliss-reactive ketones (excluding diaryl/α,β-unsaturated/α-hetero) is 1. The smallest absolute Gasteiger partial charge is 0.310 e. The van der Waals surface area contributed by atoms with Gasteiger partial charge < -0.3 is 10.2 Å². The summed E-state index contributed by atoms with van der Waals surface area (Å²) in [5.41, 5.74) is 0. The molecule has 1 aliphatic carbocycles. The van der Waals surface area contributed by atoms with Crippen molar-refractivity contribution < 1.29 is 19.8 Å². The number of rotatable bonds is 3. The van der Waals surface area contributed by atoms with E-state index in [4.69, 9.17) is 10.2 Å². The molecule has 2 unspecified atom stereocenters. The van der Waals surface area contributed by atoms with Crippen LogP contribution >= 0.6 is 0 Å². The lowest BCUT2D eigenvalue weighted by Gasteiger charge is -1.90. The Balaban J connectivity index is 2.30. The van der Waals surface area contributed by atoms with Crippen molar-refractivity contribution in [2.75, 3.05) is 0 Å². The molecule has 1 rings (SSSR count). The molecule has 56 valence electrons. The molecule has 0 spiro atoms. The van der Waals surface area contributed by atoms with Crippen LogP contribution in [0.2, 0.25) is 0 Å². The van der Waals surface area contributed by atoms with Crippen molar-refractivity contribution in [2.24, 2.45) is 5.92 Å². The SMILES string of the molecule is O=C(O)CC(=O)C1CC1O. The molecule has 1 saturated carbocycles. The van der Waals surface area contributed by atoms with E-state index < -0.39 is 24.4 Å². The van der Waals surface area contributed by atoms with Gasteiger partial charge in [-0.1, -0.05) is 0 Å². The van der Waals surface area contributed by atoms with E-state index in [1.165, 1.54) is 0 Å². The van der Waals surface area contributed by atoms with Gasteiger partial charge in [-0.25, -0.2) is 0 Å². The van der Waals surface area contributed by atoms with Crippen molar-refractivity contribution >= 4 is 11.8 Å². The molecule has 2 atom stereocenters. The summed E-state index contributed by atoms with van der Waals surface area (Å²) in [6, 6.07) is 0. The third-order valence-electron chi connectivity index (χ3n) is 1.50. The Morgan fingerprint density at radius 2 is 2.00 bits per heavy atom. The first-order chi connectivity index (χ1) is 4.61. The Bertz CT molecular complexity index is 175. The van der Waals surface area contributed by atoms with Crippen LogP contribution in [0.1, 0.15) is 12.8 Å². The maximum Gasteiger partial charge on any atom is 0.310 e. The van der Waals surface area contributed by atoms with Crippen molar-refractivity contribution in [2.45, 2.75) is 18.9 Å². The molecule has 0 aliphatic heterocycles. The maximum absolute atomic E-state index is 10.7. The zero-order chi connectivity index (χ0) is 7.72. The highest BCUT2D eigenvalue weighted by molar-refractivity contribution is 5.97. The number of carbonyl (C=O) groups is 2. The number of hydrogen-bond acceptors (Lipinski definition) is 3. The summed E-state index contributed by atoms with van der Waals surface area (Å²) in [6.07, 6.45) is -0.597. The number of aliphatic carboxylic acids is 1. The molecule has 4 heteroatoms. The van der Waals surface area contributed by atoms with Crippen LogP contribution in [0.4, 0.5) is 0 Å². The summed E-state index contributed by atoms with van der Waals surface area (Å²) in [7, 11) is 0. The quantitative estimate of drug-likeness (QED) is 0.519. The van der Waals surface area contributed by atoms with Crippen molar-refractivity contribution in [3.63, 3.8) is 0 Å². The van der Waals surface area contributed by atoms with Gasteiger partial charge in [-0.15, -0.1) is 0 Å². The van der Waals surface area contributed by atoms with Crippen molar-refractivity contribution in [3.05, 3.63) is 0 Å². The van der Waals surface area contributed by atoms with Gasteiger partial charge in [0.05, 0.1) is 6.10 Å². The molecular formula is C6H8O4. The number of carboxylic acid groups (broad SMARTS) is 1.